The maximum atomic E-state index is 12.8. The number of aromatic nitrogens is 4. The highest BCUT2D eigenvalue weighted by molar-refractivity contribution is 5.97. The third-order valence-corrected chi connectivity index (χ3v) is 4.55. The Bertz CT molecular complexity index is 862. The van der Waals surface area contributed by atoms with Gasteiger partial charge in [0.1, 0.15) is 11.0 Å². The number of aromatic amines is 1. The zero-order chi connectivity index (χ0) is 17.1. The van der Waals surface area contributed by atoms with E-state index in [-0.39, 0.29) is 5.91 Å². The van der Waals surface area contributed by atoms with Crippen LogP contribution in [0.3, 0.4) is 0 Å². The predicted molar refractivity (Wildman–Crippen MR) is 93.9 cm³/mol. The summed E-state index contributed by atoms with van der Waals surface area (Å²) in [6, 6.07) is 11.4. The van der Waals surface area contributed by atoms with E-state index in [0.29, 0.717) is 5.56 Å². The molecule has 7 nitrogen and oxygen atoms in total. The van der Waals surface area contributed by atoms with Crippen LogP contribution in [0, 0.1) is 0 Å². The first-order valence-electron chi connectivity index (χ1n) is 8.52. The number of H-pyrrole nitrogens is 1. The molecule has 1 aliphatic heterocycles. The van der Waals surface area contributed by atoms with Crippen LogP contribution in [0.4, 0.5) is 0 Å². The zero-order valence-corrected chi connectivity index (χ0v) is 13.9. The van der Waals surface area contributed by atoms with Crippen molar-refractivity contribution in [3.05, 3.63) is 53.9 Å². The van der Waals surface area contributed by atoms with Crippen molar-refractivity contribution >= 4 is 16.9 Å². The molecule has 0 unspecified atom stereocenters. The van der Waals surface area contributed by atoms with Crippen molar-refractivity contribution in [1.29, 1.82) is 0 Å². The first-order chi connectivity index (χ1) is 12.3. The van der Waals surface area contributed by atoms with Gasteiger partial charge in [0.15, 0.2) is 0 Å². The van der Waals surface area contributed by atoms with Gasteiger partial charge in [0.2, 0.25) is 0 Å². The summed E-state index contributed by atoms with van der Waals surface area (Å²) in [5, 5.41) is 10.7. The normalized spacial score (nSPS) is 16.1. The van der Waals surface area contributed by atoms with Crippen molar-refractivity contribution in [2.24, 2.45) is 0 Å². The van der Waals surface area contributed by atoms with Gasteiger partial charge in [-0.1, -0.05) is 6.07 Å². The van der Waals surface area contributed by atoms with Gasteiger partial charge in [-0.25, -0.2) is 0 Å². The maximum absolute atomic E-state index is 12.8. The Morgan fingerprint density at radius 2 is 1.96 bits per heavy atom. The van der Waals surface area contributed by atoms with Gasteiger partial charge in [0.25, 0.3) is 5.91 Å². The van der Waals surface area contributed by atoms with Crippen LogP contribution < -0.4 is 0 Å². The van der Waals surface area contributed by atoms with Crippen LogP contribution in [0.5, 0.6) is 0 Å². The second kappa shape index (κ2) is 6.98. The minimum absolute atomic E-state index is 0.0598. The SMILES string of the molecule is O=C(c1ccc2n[nH]nc2c1)N1CCCN(Cc2ccccn2)CC1. The average Bonchev–Trinajstić information content (AvgIpc) is 3.00. The van der Waals surface area contributed by atoms with Crippen LogP contribution in [-0.2, 0) is 6.54 Å². The van der Waals surface area contributed by atoms with Gasteiger partial charge >= 0.3 is 0 Å². The molecule has 128 valence electrons. The smallest absolute Gasteiger partial charge is 0.253 e. The molecule has 0 radical (unpaired) electrons. The number of carbonyl (C=O) groups excluding carboxylic acids is 1. The molecule has 0 aliphatic carbocycles. The lowest BCUT2D eigenvalue weighted by Crippen LogP contribution is -2.35. The van der Waals surface area contributed by atoms with Crippen LogP contribution in [-0.4, -0.2) is 62.3 Å². The maximum Gasteiger partial charge on any atom is 0.253 e. The van der Waals surface area contributed by atoms with E-state index in [1.54, 1.807) is 6.07 Å². The highest BCUT2D eigenvalue weighted by Gasteiger charge is 2.21. The Labute approximate surface area is 145 Å². The summed E-state index contributed by atoms with van der Waals surface area (Å²) in [5.74, 6) is 0.0598. The fraction of sp³-hybridized carbons (Fsp3) is 0.333. The molecule has 7 heteroatoms. The summed E-state index contributed by atoms with van der Waals surface area (Å²) >= 11 is 0. The summed E-state index contributed by atoms with van der Waals surface area (Å²) in [5.41, 5.74) is 3.23. The van der Waals surface area contributed by atoms with Gasteiger partial charge in [-0.3, -0.25) is 14.7 Å². The fourth-order valence-corrected chi connectivity index (χ4v) is 3.21. The van der Waals surface area contributed by atoms with Gasteiger partial charge < -0.3 is 4.90 Å². The first kappa shape index (κ1) is 15.7. The highest BCUT2D eigenvalue weighted by Crippen LogP contribution is 2.15. The predicted octanol–water partition coefficient (Wildman–Crippen LogP) is 1.70. The highest BCUT2D eigenvalue weighted by atomic mass is 16.2. The summed E-state index contributed by atoms with van der Waals surface area (Å²) in [4.78, 5) is 21.5. The molecule has 0 spiro atoms. The Hall–Kier alpha value is -2.80. The summed E-state index contributed by atoms with van der Waals surface area (Å²) in [6.07, 6.45) is 2.79. The molecular formula is C18H20N6O. The molecule has 1 aliphatic rings. The third kappa shape index (κ3) is 3.51. The number of pyridine rings is 1. The number of amides is 1. The van der Waals surface area contributed by atoms with Crippen molar-refractivity contribution in [2.75, 3.05) is 26.2 Å². The topological polar surface area (TPSA) is 78.0 Å². The molecule has 1 fully saturated rings. The van der Waals surface area contributed by atoms with Crippen LogP contribution in [0.2, 0.25) is 0 Å². The Morgan fingerprint density at radius 3 is 2.84 bits per heavy atom. The number of benzene rings is 1. The Kier molecular flexibility index (Phi) is 4.39. The standard InChI is InChI=1S/C18H20N6O/c25-18(14-5-6-16-17(12-14)21-22-20-16)24-9-3-8-23(10-11-24)13-15-4-1-2-7-19-15/h1-2,4-7,12H,3,8-11,13H2,(H,20,21,22). The number of hydrogen-bond acceptors (Lipinski definition) is 5. The van der Waals surface area contributed by atoms with E-state index in [1.807, 2.05) is 41.4 Å². The van der Waals surface area contributed by atoms with E-state index in [0.717, 1.165) is 55.9 Å². The number of carbonyl (C=O) groups is 1. The van der Waals surface area contributed by atoms with Gasteiger partial charge in [0.05, 0.1) is 5.69 Å². The van der Waals surface area contributed by atoms with E-state index in [1.165, 1.54) is 0 Å². The lowest BCUT2D eigenvalue weighted by molar-refractivity contribution is 0.0761. The molecular weight excluding hydrogens is 316 g/mol. The van der Waals surface area contributed by atoms with Crippen LogP contribution in [0.1, 0.15) is 22.5 Å². The minimum Gasteiger partial charge on any atom is -0.337 e. The lowest BCUT2D eigenvalue weighted by atomic mass is 10.1. The second-order valence-electron chi connectivity index (χ2n) is 6.27. The number of fused-ring (bicyclic) bond motifs is 1. The van der Waals surface area contributed by atoms with Crippen molar-refractivity contribution in [3.63, 3.8) is 0 Å². The summed E-state index contributed by atoms with van der Waals surface area (Å²) < 4.78 is 0. The monoisotopic (exact) mass is 336 g/mol. The van der Waals surface area contributed by atoms with Gasteiger partial charge in [-0.05, 0) is 36.8 Å². The number of nitrogens with zero attached hydrogens (tertiary/aromatic N) is 5. The zero-order valence-electron chi connectivity index (χ0n) is 13.9. The molecule has 25 heavy (non-hydrogen) atoms. The van der Waals surface area contributed by atoms with Crippen molar-refractivity contribution in [3.8, 4) is 0 Å². The van der Waals surface area contributed by atoms with E-state index in [9.17, 15) is 4.79 Å². The molecule has 1 saturated heterocycles. The van der Waals surface area contributed by atoms with Gasteiger partial charge in [0, 0.05) is 44.5 Å². The number of hydrogen-bond donors (Lipinski definition) is 1. The van der Waals surface area contributed by atoms with Crippen molar-refractivity contribution < 1.29 is 4.79 Å². The molecule has 4 rings (SSSR count). The molecule has 2 aromatic heterocycles. The quantitative estimate of drug-likeness (QED) is 0.788. The number of nitrogens with one attached hydrogen (secondary N) is 1. The van der Waals surface area contributed by atoms with E-state index < -0.39 is 0 Å². The minimum atomic E-state index is 0.0598. The molecule has 1 aromatic carbocycles. The van der Waals surface area contributed by atoms with Gasteiger partial charge in [-0.2, -0.15) is 15.4 Å². The number of rotatable bonds is 3. The van der Waals surface area contributed by atoms with E-state index in [4.69, 9.17) is 0 Å². The third-order valence-electron chi connectivity index (χ3n) is 4.55. The summed E-state index contributed by atoms with van der Waals surface area (Å²) in [6.45, 7) is 4.15. The van der Waals surface area contributed by atoms with Crippen LogP contribution in [0.25, 0.3) is 11.0 Å². The molecule has 0 bridgehead atoms. The molecule has 3 aromatic rings. The molecule has 0 saturated carbocycles. The molecule has 1 N–H and O–H groups in total. The van der Waals surface area contributed by atoms with Crippen molar-refractivity contribution in [2.45, 2.75) is 13.0 Å². The summed E-state index contributed by atoms with van der Waals surface area (Å²) in [7, 11) is 0. The molecule has 1 amide bonds. The first-order valence-corrected chi connectivity index (χ1v) is 8.52. The second-order valence-corrected chi connectivity index (χ2v) is 6.27. The van der Waals surface area contributed by atoms with Crippen LogP contribution >= 0.6 is 0 Å². The largest absolute Gasteiger partial charge is 0.337 e. The fourth-order valence-electron chi connectivity index (χ4n) is 3.21. The lowest BCUT2D eigenvalue weighted by Gasteiger charge is -2.22. The average molecular weight is 336 g/mol. The Balaban J connectivity index is 1.42. The Morgan fingerprint density at radius 1 is 1.04 bits per heavy atom. The molecule has 3 heterocycles. The van der Waals surface area contributed by atoms with Crippen LogP contribution in [0.15, 0.2) is 42.6 Å². The van der Waals surface area contributed by atoms with Gasteiger partial charge in [-0.15, -0.1) is 0 Å². The van der Waals surface area contributed by atoms with E-state index >= 15 is 0 Å². The molecule has 0 atom stereocenters. The van der Waals surface area contributed by atoms with Crippen molar-refractivity contribution in [1.82, 2.24) is 30.2 Å². The van der Waals surface area contributed by atoms with E-state index in [2.05, 4.69) is 25.3 Å².